The zero-order valence-corrected chi connectivity index (χ0v) is 12.6. The van der Waals surface area contributed by atoms with Crippen molar-refractivity contribution in [3.63, 3.8) is 0 Å². The minimum Gasteiger partial charge on any atom is -0.399 e. The van der Waals surface area contributed by atoms with Crippen LogP contribution in [0.15, 0.2) is 23.9 Å². The van der Waals surface area contributed by atoms with E-state index in [0.717, 1.165) is 38.1 Å². The fraction of sp³-hybridized carbons (Fsp3) is 0.750. The van der Waals surface area contributed by atoms with Gasteiger partial charge >= 0.3 is 0 Å². The van der Waals surface area contributed by atoms with E-state index in [0.29, 0.717) is 0 Å². The summed E-state index contributed by atoms with van der Waals surface area (Å²) in [7, 11) is 1.77. The largest absolute Gasteiger partial charge is 0.399 e. The number of unbranched alkanes of at least 4 members (excludes halogenated alkanes) is 3. The molecule has 1 rings (SSSR count). The molecule has 19 heavy (non-hydrogen) atoms. The Morgan fingerprint density at radius 1 is 1.32 bits per heavy atom. The second kappa shape index (κ2) is 9.16. The molecule has 0 saturated carbocycles. The van der Waals surface area contributed by atoms with E-state index in [-0.39, 0.29) is 5.54 Å². The fourth-order valence-electron chi connectivity index (χ4n) is 2.50. The topological polar surface area (TPSA) is 47.3 Å². The van der Waals surface area contributed by atoms with Crippen LogP contribution < -0.4 is 11.1 Å². The van der Waals surface area contributed by atoms with E-state index in [1.807, 2.05) is 6.08 Å². The molecular formula is C16H30N2O. The maximum Gasteiger partial charge on any atom is 0.0462 e. The number of hydrogen-bond donors (Lipinski definition) is 2. The lowest BCUT2D eigenvalue weighted by Gasteiger charge is -2.33. The Labute approximate surface area is 118 Å². The van der Waals surface area contributed by atoms with Crippen molar-refractivity contribution in [3.8, 4) is 0 Å². The van der Waals surface area contributed by atoms with Crippen LogP contribution >= 0.6 is 0 Å². The smallest absolute Gasteiger partial charge is 0.0462 e. The standard InChI is InChI=1S/C16H30N2O/c1-3-4-6-13-18-16(10-5-7-14-19-2)11-8-15(17)9-12-16/h8-9,11,18H,3-7,10,12-14,17H2,1-2H3. The van der Waals surface area contributed by atoms with Crippen molar-refractivity contribution in [1.82, 2.24) is 5.32 Å². The summed E-state index contributed by atoms with van der Waals surface area (Å²) in [5.41, 5.74) is 6.84. The Kier molecular flexibility index (Phi) is 7.84. The van der Waals surface area contributed by atoms with Crippen molar-refractivity contribution in [1.29, 1.82) is 0 Å². The molecule has 0 spiro atoms. The van der Waals surface area contributed by atoms with Gasteiger partial charge in [0, 0.05) is 25.0 Å². The van der Waals surface area contributed by atoms with Gasteiger partial charge in [-0.25, -0.2) is 0 Å². The lowest BCUT2D eigenvalue weighted by molar-refractivity contribution is 0.188. The van der Waals surface area contributed by atoms with Crippen molar-refractivity contribution in [3.05, 3.63) is 23.9 Å². The third-order valence-electron chi connectivity index (χ3n) is 3.78. The molecule has 0 bridgehead atoms. The van der Waals surface area contributed by atoms with Gasteiger partial charge in [0.2, 0.25) is 0 Å². The van der Waals surface area contributed by atoms with Gasteiger partial charge in [-0.3, -0.25) is 0 Å². The van der Waals surface area contributed by atoms with E-state index in [4.69, 9.17) is 10.5 Å². The van der Waals surface area contributed by atoms with Gasteiger partial charge in [0.05, 0.1) is 0 Å². The minimum atomic E-state index is 0.115. The van der Waals surface area contributed by atoms with E-state index in [2.05, 4.69) is 24.4 Å². The molecule has 110 valence electrons. The molecule has 0 aromatic rings. The van der Waals surface area contributed by atoms with Crippen molar-refractivity contribution in [2.75, 3.05) is 20.3 Å². The van der Waals surface area contributed by atoms with E-state index in [1.165, 1.54) is 25.7 Å². The molecule has 0 aliphatic heterocycles. The highest BCUT2D eigenvalue weighted by Gasteiger charge is 2.26. The molecular weight excluding hydrogens is 236 g/mol. The Balaban J connectivity index is 2.42. The van der Waals surface area contributed by atoms with Gasteiger partial charge in [0.1, 0.15) is 0 Å². The Morgan fingerprint density at radius 3 is 2.79 bits per heavy atom. The molecule has 1 aliphatic carbocycles. The Hall–Kier alpha value is -0.800. The van der Waals surface area contributed by atoms with Gasteiger partial charge < -0.3 is 15.8 Å². The van der Waals surface area contributed by atoms with Crippen LogP contribution in [0.4, 0.5) is 0 Å². The Morgan fingerprint density at radius 2 is 2.16 bits per heavy atom. The van der Waals surface area contributed by atoms with Gasteiger partial charge in [0.15, 0.2) is 0 Å². The first-order valence-electron chi connectivity index (χ1n) is 7.61. The molecule has 0 heterocycles. The molecule has 1 aliphatic rings. The SMILES string of the molecule is CCCCCNC1(CCCCOC)C=CC(N)=CC1. The van der Waals surface area contributed by atoms with Crippen LogP contribution in [0.3, 0.4) is 0 Å². The van der Waals surface area contributed by atoms with Crippen LogP contribution in [0.25, 0.3) is 0 Å². The number of hydrogen-bond acceptors (Lipinski definition) is 3. The predicted molar refractivity (Wildman–Crippen MR) is 82.0 cm³/mol. The average Bonchev–Trinajstić information content (AvgIpc) is 2.43. The molecule has 3 heteroatoms. The van der Waals surface area contributed by atoms with Crippen LogP contribution in [0.5, 0.6) is 0 Å². The third-order valence-corrected chi connectivity index (χ3v) is 3.78. The van der Waals surface area contributed by atoms with Gasteiger partial charge in [0.25, 0.3) is 0 Å². The quantitative estimate of drug-likeness (QED) is 0.597. The van der Waals surface area contributed by atoms with Crippen molar-refractivity contribution >= 4 is 0 Å². The summed E-state index contributed by atoms with van der Waals surface area (Å²) in [5.74, 6) is 0. The van der Waals surface area contributed by atoms with Crippen LogP contribution in [0, 0.1) is 0 Å². The molecule has 1 unspecified atom stereocenters. The lowest BCUT2D eigenvalue weighted by Crippen LogP contribution is -2.44. The number of rotatable bonds is 10. The molecule has 1 atom stereocenters. The Bertz CT molecular complexity index is 285. The van der Waals surface area contributed by atoms with Crippen molar-refractivity contribution in [2.45, 2.75) is 57.4 Å². The molecule has 3 N–H and O–H groups in total. The summed E-state index contributed by atoms with van der Waals surface area (Å²) < 4.78 is 5.12. The maximum absolute atomic E-state index is 5.84. The van der Waals surface area contributed by atoms with E-state index < -0.39 is 0 Å². The summed E-state index contributed by atoms with van der Waals surface area (Å²) in [6.07, 6.45) is 14.8. The highest BCUT2D eigenvalue weighted by Crippen LogP contribution is 2.25. The number of ether oxygens (including phenoxy) is 1. The van der Waals surface area contributed by atoms with Crippen LogP contribution in [0.1, 0.15) is 51.9 Å². The summed E-state index contributed by atoms with van der Waals surface area (Å²) in [6.45, 7) is 4.19. The molecule has 0 radical (unpaired) electrons. The predicted octanol–water partition coefficient (Wildman–Crippen LogP) is 3.12. The molecule has 0 aromatic carbocycles. The summed E-state index contributed by atoms with van der Waals surface area (Å²) in [5, 5.41) is 3.74. The number of allylic oxidation sites excluding steroid dienone is 1. The lowest BCUT2D eigenvalue weighted by atomic mass is 9.85. The van der Waals surface area contributed by atoms with Crippen LogP contribution in [0.2, 0.25) is 0 Å². The first kappa shape index (κ1) is 16.3. The highest BCUT2D eigenvalue weighted by molar-refractivity contribution is 5.27. The average molecular weight is 266 g/mol. The number of nitrogens with one attached hydrogen (secondary N) is 1. The summed E-state index contributed by atoms with van der Waals surface area (Å²) >= 11 is 0. The summed E-state index contributed by atoms with van der Waals surface area (Å²) in [6, 6.07) is 0. The van der Waals surface area contributed by atoms with E-state index in [1.54, 1.807) is 7.11 Å². The third kappa shape index (κ3) is 6.26. The van der Waals surface area contributed by atoms with Gasteiger partial charge in [-0.05, 0) is 44.7 Å². The van der Waals surface area contributed by atoms with E-state index in [9.17, 15) is 0 Å². The first-order chi connectivity index (χ1) is 9.22. The number of methoxy groups -OCH3 is 1. The molecule has 0 fully saturated rings. The normalized spacial score (nSPS) is 22.5. The van der Waals surface area contributed by atoms with Gasteiger partial charge in [-0.1, -0.05) is 31.9 Å². The monoisotopic (exact) mass is 266 g/mol. The van der Waals surface area contributed by atoms with Gasteiger partial charge in [-0.15, -0.1) is 0 Å². The van der Waals surface area contributed by atoms with Crippen LogP contribution in [-0.2, 0) is 4.74 Å². The van der Waals surface area contributed by atoms with E-state index >= 15 is 0 Å². The number of nitrogens with two attached hydrogens (primary N) is 1. The zero-order valence-electron chi connectivity index (χ0n) is 12.6. The van der Waals surface area contributed by atoms with Crippen molar-refractivity contribution in [2.24, 2.45) is 5.73 Å². The van der Waals surface area contributed by atoms with Crippen LogP contribution in [-0.4, -0.2) is 25.8 Å². The second-order valence-corrected chi connectivity index (χ2v) is 5.48. The molecule has 3 nitrogen and oxygen atoms in total. The molecule has 0 aromatic heterocycles. The highest BCUT2D eigenvalue weighted by atomic mass is 16.5. The second-order valence-electron chi connectivity index (χ2n) is 5.48. The summed E-state index contributed by atoms with van der Waals surface area (Å²) in [4.78, 5) is 0. The molecule has 0 saturated heterocycles. The minimum absolute atomic E-state index is 0.115. The zero-order chi connectivity index (χ0) is 14.0. The maximum atomic E-state index is 5.84. The molecule has 0 amide bonds. The fourth-order valence-corrected chi connectivity index (χ4v) is 2.50. The van der Waals surface area contributed by atoms with Crippen molar-refractivity contribution < 1.29 is 4.74 Å². The van der Waals surface area contributed by atoms with Gasteiger partial charge in [-0.2, -0.15) is 0 Å². The first-order valence-corrected chi connectivity index (χ1v) is 7.61.